The molecule has 0 heterocycles. The SMILES string of the molecule is C/C=C(/C)C(=O)OCC1(C)[C@H]2[C@@H]3C=C(COC(C)=O)[C@@H](O)[C@]4(O)[C@@H](OC(=O)/C(C)=C\C)C(C)=C[C@]4(C3=O)[C@H](C)C[C@H]21. The largest absolute Gasteiger partial charge is 0.462 e. The van der Waals surface area contributed by atoms with Gasteiger partial charge >= 0.3 is 17.9 Å². The van der Waals surface area contributed by atoms with Gasteiger partial charge in [-0.3, -0.25) is 9.59 Å². The van der Waals surface area contributed by atoms with Gasteiger partial charge in [0.05, 0.1) is 12.0 Å². The van der Waals surface area contributed by atoms with Crippen molar-refractivity contribution in [1.82, 2.24) is 0 Å². The Hall–Kier alpha value is -3.04. The number of ketones is 1. The first-order valence-corrected chi connectivity index (χ1v) is 14.2. The van der Waals surface area contributed by atoms with Gasteiger partial charge in [-0.15, -0.1) is 0 Å². The van der Waals surface area contributed by atoms with Crippen LogP contribution < -0.4 is 0 Å². The Morgan fingerprint density at radius 1 is 1.07 bits per heavy atom. The van der Waals surface area contributed by atoms with E-state index in [-0.39, 0.29) is 36.4 Å². The summed E-state index contributed by atoms with van der Waals surface area (Å²) < 4.78 is 16.7. The second-order valence-electron chi connectivity index (χ2n) is 12.5. The van der Waals surface area contributed by atoms with Crippen LogP contribution in [0.1, 0.15) is 61.8 Å². The van der Waals surface area contributed by atoms with Gasteiger partial charge in [0, 0.05) is 29.4 Å². The molecule has 2 N–H and O–H groups in total. The number of Topliss-reactive ketones (excluding diaryl/α,β-unsaturated/α-hetero) is 1. The molecule has 1 spiro atoms. The van der Waals surface area contributed by atoms with Crippen LogP contribution in [0.25, 0.3) is 0 Å². The molecule has 0 radical (unpaired) electrons. The topological polar surface area (TPSA) is 136 Å². The van der Waals surface area contributed by atoms with Crippen molar-refractivity contribution >= 4 is 23.7 Å². The van der Waals surface area contributed by atoms with Crippen LogP contribution in [-0.4, -0.2) is 64.9 Å². The van der Waals surface area contributed by atoms with E-state index in [1.54, 1.807) is 58.9 Å². The molecule has 0 aromatic carbocycles. The number of carbonyl (C=O) groups excluding carboxylic acids is 4. The minimum atomic E-state index is -2.24. The Balaban J connectivity index is 1.82. The molecule has 224 valence electrons. The lowest BCUT2D eigenvalue weighted by Crippen LogP contribution is -2.66. The van der Waals surface area contributed by atoms with E-state index in [1.165, 1.54) is 6.92 Å². The van der Waals surface area contributed by atoms with E-state index in [2.05, 4.69) is 0 Å². The van der Waals surface area contributed by atoms with E-state index < -0.39 is 58.4 Å². The van der Waals surface area contributed by atoms with Crippen molar-refractivity contribution in [3.63, 3.8) is 0 Å². The number of ether oxygens (including phenoxy) is 3. The third kappa shape index (κ3) is 4.52. The Morgan fingerprint density at radius 2 is 1.68 bits per heavy atom. The maximum atomic E-state index is 14.7. The molecular weight excluding hydrogens is 528 g/mol. The van der Waals surface area contributed by atoms with Crippen LogP contribution in [-0.2, 0) is 33.4 Å². The van der Waals surface area contributed by atoms with E-state index in [0.29, 0.717) is 23.1 Å². The quantitative estimate of drug-likeness (QED) is 0.204. The summed E-state index contributed by atoms with van der Waals surface area (Å²) in [5, 5.41) is 24.5. The summed E-state index contributed by atoms with van der Waals surface area (Å²) in [4.78, 5) is 51.9. The monoisotopic (exact) mass is 570 g/mol. The molecule has 0 aliphatic heterocycles. The van der Waals surface area contributed by atoms with Crippen molar-refractivity contribution in [1.29, 1.82) is 0 Å². The average molecular weight is 571 g/mol. The molecule has 9 nitrogen and oxygen atoms in total. The van der Waals surface area contributed by atoms with Crippen LogP contribution in [0.3, 0.4) is 0 Å². The number of hydrogen-bond acceptors (Lipinski definition) is 9. The highest BCUT2D eigenvalue weighted by Gasteiger charge is 2.77. The summed E-state index contributed by atoms with van der Waals surface area (Å²) in [5.74, 6) is -3.45. The summed E-state index contributed by atoms with van der Waals surface area (Å²) >= 11 is 0. The number of allylic oxidation sites excluding steroid dienone is 3. The summed E-state index contributed by atoms with van der Waals surface area (Å²) in [6.45, 7) is 13.3. The van der Waals surface area contributed by atoms with Gasteiger partial charge in [-0.2, -0.15) is 0 Å². The number of aliphatic hydroxyl groups excluding tert-OH is 1. The van der Waals surface area contributed by atoms with Crippen LogP contribution in [0.5, 0.6) is 0 Å². The molecule has 2 bridgehead atoms. The molecular formula is C32H42O9. The Kier molecular flexibility index (Phi) is 8.04. The zero-order chi connectivity index (χ0) is 30.7. The van der Waals surface area contributed by atoms with Gasteiger partial charge in [-0.1, -0.05) is 38.2 Å². The maximum absolute atomic E-state index is 14.7. The second kappa shape index (κ2) is 10.7. The average Bonchev–Trinajstić information content (AvgIpc) is 3.46. The number of aliphatic hydroxyl groups is 2. The first-order chi connectivity index (χ1) is 19.1. The fraction of sp³-hybridized carbons (Fsp3) is 0.625. The van der Waals surface area contributed by atoms with Gasteiger partial charge in [-0.05, 0) is 69.9 Å². The highest BCUT2D eigenvalue weighted by molar-refractivity contribution is 5.96. The van der Waals surface area contributed by atoms with Gasteiger partial charge in [-0.25, -0.2) is 9.59 Å². The normalized spacial score (nSPS) is 39.8. The molecule has 2 saturated carbocycles. The molecule has 2 fully saturated rings. The number of carbonyl (C=O) groups is 4. The van der Waals surface area contributed by atoms with Gasteiger partial charge in [0.25, 0.3) is 0 Å². The molecule has 9 heteroatoms. The summed E-state index contributed by atoms with van der Waals surface area (Å²) in [6.07, 6.45) is 4.10. The van der Waals surface area contributed by atoms with Crippen LogP contribution in [0, 0.1) is 34.5 Å². The lowest BCUT2D eigenvalue weighted by Gasteiger charge is -2.48. The Labute approximate surface area is 241 Å². The summed E-state index contributed by atoms with van der Waals surface area (Å²) in [6, 6.07) is 0. The van der Waals surface area contributed by atoms with Crippen LogP contribution in [0.2, 0.25) is 0 Å². The molecule has 0 amide bonds. The van der Waals surface area contributed by atoms with E-state index >= 15 is 0 Å². The fourth-order valence-electron chi connectivity index (χ4n) is 7.57. The molecule has 1 unspecified atom stereocenters. The smallest absolute Gasteiger partial charge is 0.334 e. The van der Waals surface area contributed by atoms with Gasteiger partial charge in [0.1, 0.15) is 12.7 Å². The predicted molar refractivity (Wildman–Crippen MR) is 149 cm³/mol. The molecule has 9 atom stereocenters. The highest BCUT2D eigenvalue weighted by Crippen LogP contribution is 2.72. The van der Waals surface area contributed by atoms with Crippen LogP contribution in [0.15, 0.2) is 46.6 Å². The fourth-order valence-corrected chi connectivity index (χ4v) is 7.57. The number of hydrogen-bond donors (Lipinski definition) is 2. The molecule has 41 heavy (non-hydrogen) atoms. The lowest BCUT2D eigenvalue weighted by atomic mass is 9.59. The molecule has 0 aromatic heterocycles. The van der Waals surface area contributed by atoms with Gasteiger partial charge < -0.3 is 24.4 Å². The zero-order valence-corrected chi connectivity index (χ0v) is 25.1. The van der Waals surface area contributed by atoms with Crippen LogP contribution in [0.4, 0.5) is 0 Å². The Bertz CT molecular complexity index is 1290. The number of fused-ring (bicyclic) bond motifs is 3. The van der Waals surface area contributed by atoms with Crippen molar-refractivity contribution < 1.29 is 43.6 Å². The van der Waals surface area contributed by atoms with E-state index in [4.69, 9.17) is 14.2 Å². The van der Waals surface area contributed by atoms with Crippen molar-refractivity contribution in [2.24, 2.45) is 34.5 Å². The zero-order valence-electron chi connectivity index (χ0n) is 25.1. The second-order valence-corrected chi connectivity index (χ2v) is 12.5. The maximum Gasteiger partial charge on any atom is 0.334 e. The summed E-state index contributed by atoms with van der Waals surface area (Å²) in [7, 11) is 0. The third-order valence-electron chi connectivity index (χ3n) is 10.2. The molecule has 4 aliphatic carbocycles. The van der Waals surface area contributed by atoms with Crippen molar-refractivity contribution in [2.45, 2.75) is 79.6 Å². The minimum absolute atomic E-state index is 0.0177. The molecule has 4 rings (SSSR count). The number of esters is 3. The van der Waals surface area contributed by atoms with E-state index in [9.17, 15) is 29.4 Å². The van der Waals surface area contributed by atoms with Crippen molar-refractivity contribution in [3.8, 4) is 0 Å². The van der Waals surface area contributed by atoms with E-state index in [0.717, 1.165) is 0 Å². The minimum Gasteiger partial charge on any atom is -0.462 e. The van der Waals surface area contributed by atoms with Gasteiger partial charge in [0.2, 0.25) is 0 Å². The summed E-state index contributed by atoms with van der Waals surface area (Å²) in [5.41, 5.74) is -2.88. The third-order valence-corrected chi connectivity index (χ3v) is 10.2. The predicted octanol–water partition coefficient (Wildman–Crippen LogP) is 3.39. The standard InChI is InChI=1S/C32H42O9/c1-9-16(3)28(36)40-15-30(8)23-11-19(6)31-13-18(5)27(41-29(37)17(4)10-2)32(31,38)25(34)21(14-39-20(7)33)12-22(24(23)30)26(31)35/h9-10,12-13,19,22-25,27,34,38H,11,14-15H2,1-8H3/b16-9-,17-10-/t19-,22+,23-,24+,25-,27+,30?,31-,32+/m1/s1. The van der Waals surface area contributed by atoms with Crippen LogP contribution >= 0.6 is 0 Å². The Morgan fingerprint density at radius 3 is 2.27 bits per heavy atom. The van der Waals surface area contributed by atoms with Crippen molar-refractivity contribution in [2.75, 3.05) is 13.2 Å². The lowest BCUT2D eigenvalue weighted by molar-refractivity contribution is -0.202. The molecule has 0 aromatic rings. The van der Waals surface area contributed by atoms with Crippen molar-refractivity contribution in [3.05, 3.63) is 46.6 Å². The van der Waals surface area contributed by atoms with E-state index in [1.807, 2.05) is 13.8 Å². The molecule has 4 aliphatic rings. The first-order valence-electron chi connectivity index (χ1n) is 14.2. The molecule has 0 saturated heterocycles. The van der Waals surface area contributed by atoms with Gasteiger partial charge in [0.15, 0.2) is 17.5 Å². The number of rotatable bonds is 7. The highest BCUT2D eigenvalue weighted by atomic mass is 16.6. The first kappa shape index (κ1) is 30.9.